The number of benzene rings is 1. The first-order chi connectivity index (χ1) is 11.7. The van der Waals surface area contributed by atoms with Gasteiger partial charge in [0.1, 0.15) is 0 Å². The molecular formula is C18H16ClN3OS. The molecule has 0 saturated heterocycles. The Hall–Kier alpha value is -1.98. The molecule has 24 heavy (non-hydrogen) atoms. The SMILES string of the molecule is O=C(C1CCC1)N(Cc1ccccn1)c1nc2ccc(Cl)cc2s1. The molecule has 1 aromatic carbocycles. The van der Waals surface area contributed by atoms with Crippen LogP contribution in [0.25, 0.3) is 10.2 Å². The second kappa shape index (κ2) is 6.49. The van der Waals surface area contributed by atoms with Gasteiger partial charge >= 0.3 is 0 Å². The maximum atomic E-state index is 12.9. The van der Waals surface area contributed by atoms with Crippen molar-refractivity contribution in [1.82, 2.24) is 9.97 Å². The number of thiazole rings is 1. The normalized spacial score (nSPS) is 14.5. The van der Waals surface area contributed by atoms with Crippen LogP contribution >= 0.6 is 22.9 Å². The Balaban J connectivity index is 1.71. The Morgan fingerprint density at radius 2 is 2.17 bits per heavy atom. The summed E-state index contributed by atoms with van der Waals surface area (Å²) in [5, 5.41) is 1.40. The number of rotatable bonds is 4. The monoisotopic (exact) mass is 357 g/mol. The summed E-state index contributed by atoms with van der Waals surface area (Å²) in [6, 6.07) is 11.4. The van der Waals surface area contributed by atoms with E-state index >= 15 is 0 Å². The molecule has 0 aliphatic heterocycles. The van der Waals surface area contributed by atoms with Crippen LogP contribution in [0.3, 0.4) is 0 Å². The summed E-state index contributed by atoms with van der Waals surface area (Å²) in [4.78, 5) is 23.7. The average Bonchev–Trinajstić information content (AvgIpc) is 2.94. The van der Waals surface area contributed by atoms with Crippen LogP contribution in [0.4, 0.5) is 5.13 Å². The van der Waals surface area contributed by atoms with Gasteiger partial charge < -0.3 is 0 Å². The van der Waals surface area contributed by atoms with Gasteiger partial charge in [-0.2, -0.15) is 0 Å². The Bertz CT molecular complexity index is 876. The zero-order chi connectivity index (χ0) is 16.5. The maximum absolute atomic E-state index is 12.9. The van der Waals surface area contributed by atoms with Crippen molar-refractivity contribution >= 4 is 44.2 Å². The number of pyridine rings is 1. The summed E-state index contributed by atoms with van der Waals surface area (Å²) >= 11 is 7.57. The highest BCUT2D eigenvalue weighted by Crippen LogP contribution is 2.35. The molecule has 1 aliphatic carbocycles. The molecule has 0 radical (unpaired) electrons. The molecule has 0 bridgehead atoms. The van der Waals surface area contributed by atoms with Gasteiger partial charge in [0.2, 0.25) is 5.91 Å². The first-order valence-electron chi connectivity index (χ1n) is 7.98. The van der Waals surface area contributed by atoms with E-state index in [0.29, 0.717) is 11.6 Å². The van der Waals surface area contributed by atoms with Crippen LogP contribution in [0.15, 0.2) is 42.6 Å². The van der Waals surface area contributed by atoms with Gasteiger partial charge in [-0.25, -0.2) is 4.98 Å². The van der Waals surface area contributed by atoms with Crippen LogP contribution in [-0.4, -0.2) is 15.9 Å². The lowest BCUT2D eigenvalue weighted by molar-refractivity contribution is -0.124. The highest BCUT2D eigenvalue weighted by atomic mass is 35.5. The third kappa shape index (κ3) is 3.01. The molecule has 0 unspecified atom stereocenters. The Morgan fingerprint density at radius 3 is 2.88 bits per heavy atom. The average molecular weight is 358 g/mol. The van der Waals surface area contributed by atoms with Crippen LogP contribution in [0.1, 0.15) is 25.0 Å². The largest absolute Gasteiger partial charge is 0.282 e. The van der Waals surface area contributed by atoms with Gasteiger partial charge in [0.15, 0.2) is 5.13 Å². The molecule has 122 valence electrons. The van der Waals surface area contributed by atoms with Crippen molar-refractivity contribution in [1.29, 1.82) is 0 Å². The summed E-state index contributed by atoms with van der Waals surface area (Å²) in [6.07, 6.45) is 4.81. The van der Waals surface area contributed by atoms with Gasteiger partial charge in [-0.3, -0.25) is 14.7 Å². The third-order valence-corrected chi connectivity index (χ3v) is 5.61. The smallest absolute Gasteiger partial charge is 0.232 e. The number of halogens is 1. The van der Waals surface area contributed by atoms with Crippen molar-refractivity contribution < 1.29 is 4.79 Å². The number of hydrogen-bond acceptors (Lipinski definition) is 4. The van der Waals surface area contributed by atoms with Crippen LogP contribution in [0.5, 0.6) is 0 Å². The number of carbonyl (C=O) groups is 1. The topological polar surface area (TPSA) is 46.1 Å². The zero-order valence-corrected chi connectivity index (χ0v) is 14.6. The fourth-order valence-corrected chi connectivity index (χ4v) is 4.02. The van der Waals surface area contributed by atoms with Gasteiger partial charge in [0.25, 0.3) is 0 Å². The fraction of sp³-hybridized carbons (Fsp3) is 0.278. The van der Waals surface area contributed by atoms with Gasteiger partial charge in [-0.1, -0.05) is 35.4 Å². The summed E-state index contributed by atoms with van der Waals surface area (Å²) in [6.45, 7) is 0.448. The van der Waals surface area contributed by atoms with E-state index in [4.69, 9.17) is 11.6 Å². The number of aromatic nitrogens is 2. The Labute approximate surface area is 149 Å². The van der Waals surface area contributed by atoms with Crippen molar-refractivity contribution in [2.24, 2.45) is 5.92 Å². The predicted octanol–water partition coefficient (Wildman–Crippen LogP) is 4.68. The Kier molecular flexibility index (Phi) is 4.21. The lowest BCUT2D eigenvalue weighted by Crippen LogP contribution is -2.38. The van der Waals surface area contributed by atoms with Crippen LogP contribution in [0.2, 0.25) is 5.02 Å². The molecular weight excluding hydrogens is 342 g/mol. The molecule has 1 aliphatic rings. The summed E-state index contributed by atoms with van der Waals surface area (Å²) in [5.41, 5.74) is 1.73. The molecule has 4 rings (SSSR count). The molecule has 1 amide bonds. The number of amides is 1. The quantitative estimate of drug-likeness (QED) is 0.681. The zero-order valence-electron chi connectivity index (χ0n) is 13.0. The second-order valence-corrected chi connectivity index (χ2v) is 7.43. The summed E-state index contributed by atoms with van der Waals surface area (Å²) in [5.74, 6) is 0.265. The predicted molar refractivity (Wildman–Crippen MR) is 97.4 cm³/mol. The lowest BCUT2D eigenvalue weighted by atomic mass is 9.84. The molecule has 2 aromatic heterocycles. The van der Waals surface area contributed by atoms with E-state index in [0.717, 1.165) is 40.3 Å². The van der Waals surface area contributed by atoms with Gasteiger partial charge in [0, 0.05) is 17.1 Å². The molecule has 1 saturated carbocycles. The lowest BCUT2D eigenvalue weighted by Gasteiger charge is -2.30. The van der Waals surface area contributed by atoms with Gasteiger partial charge in [0.05, 0.1) is 22.5 Å². The number of anilines is 1. The van der Waals surface area contributed by atoms with E-state index in [1.807, 2.05) is 36.4 Å². The second-order valence-electron chi connectivity index (χ2n) is 5.98. The van der Waals surface area contributed by atoms with Gasteiger partial charge in [-0.15, -0.1) is 0 Å². The van der Waals surface area contributed by atoms with E-state index in [1.54, 1.807) is 11.1 Å². The molecule has 1 fully saturated rings. The highest BCUT2D eigenvalue weighted by Gasteiger charge is 2.31. The van der Waals surface area contributed by atoms with Crippen molar-refractivity contribution in [3.05, 3.63) is 53.3 Å². The molecule has 2 heterocycles. The number of carbonyl (C=O) groups excluding carboxylic acids is 1. The first kappa shape index (κ1) is 15.5. The molecule has 6 heteroatoms. The van der Waals surface area contributed by atoms with E-state index < -0.39 is 0 Å². The van der Waals surface area contributed by atoms with Crippen LogP contribution < -0.4 is 4.90 Å². The van der Waals surface area contributed by atoms with E-state index in [-0.39, 0.29) is 11.8 Å². The first-order valence-corrected chi connectivity index (χ1v) is 9.17. The number of nitrogens with zero attached hydrogens (tertiary/aromatic N) is 3. The molecule has 0 N–H and O–H groups in total. The van der Waals surface area contributed by atoms with E-state index in [2.05, 4.69) is 9.97 Å². The minimum absolute atomic E-state index is 0.115. The molecule has 4 nitrogen and oxygen atoms in total. The van der Waals surface area contributed by atoms with Crippen molar-refractivity contribution in [3.63, 3.8) is 0 Å². The third-order valence-electron chi connectivity index (χ3n) is 4.34. The molecule has 3 aromatic rings. The van der Waals surface area contributed by atoms with Crippen molar-refractivity contribution in [2.75, 3.05) is 4.90 Å². The molecule has 0 spiro atoms. The van der Waals surface area contributed by atoms with Crippen molar-refractivity contribution in [2.45, 2.75) is 25.8 Å². The van der Waals surface area contributed by atoms with Gasteiger partial charge in [-0.05, 0) is 43.2 Å². The Morgan fingerprint density at radius 1 is 1.29 bits per heavy atom. The fourth-order valence-electron chi connectivity index (χ4n) is 2.77. The summed E-state index contributed by atoms with van der Waals surface area (Å²) in [7, 11) is 0. The number of hydrogen-bond donors (Lipinski definition) is 0. The van der Waals surface area contributed by atoms with Crippen LogP contribution in [0, 0.1) is 5.92 Å². The maximum Gasteiger partial charge on any atom is 0.232 e. The standard InChI is InChI=1S/C18H16ClN3OS/c19-13-7-8-15-16(10-13)24-18(21-15)22(17(23)12-4-3-5-12)11-14-6-1-2-9-20-14/h1-2,6-10,12H,3-5,11H2. The van der Waals surface area contributed by atoms with Crippen molar-refractivity contribution in [3.8, 4) is 0 Å². The number of fused-ring (bicyclic) bond motifs is 1. The minimum Gasteiger partial charge on any atom is -0.282 e. The van der Waals surface area contributed by atoms with E-state index in [1.165, 1.54) is 11.3 Å². The minimum atomic E-state index is 0.115. The molecule has 0 atom stereocenters. The van der Waals surface area contributed by atoms with E-state index in [9.17, 15) is 4.79 Å². The highest BCUT2D eigenvalue weighted by molar-refractivity contribution is 7.22. The van der Waals surface area contributed by atoms with Crippen LogP contribution in [-0.2, 0) is 11.3 Å². The summed E-state index contributed by atoms with van der Waals surface area (Å²) < 4.78 is 0.991.